The standard InChI is InChI=1S/C21H32O3.C6H13NO2/c1-20-9-7-14(23)11-13(20)3-4-15-16-5-6-18(19(24)12-22)21(16,2)10-8-17(15)20;1-3-7(4-2)5-6(8)9/h13,15-18,22H,3-12H2,1-2H3;3-5H2,1-2H3,(H,8,9)/t13?,15-,16-,17-,18+,20-,21-;/m0./s1. The van der Waals surface area contributed by atoms with E-state index in [1.165, 1.54) is 19.3 Å². The molecule has 0 spiro atoms. The van der Waals surface area contributed by atoms with Crippen molar-refractivity contribution in [2.24, 2.45) is 40.4 Å². The second-order valence-electron chi connectivity index (χ2n) is 11.6. The third kappa shape index (κ3) is 5.07. The number of aliphatic hydroxyl groups is 1. The van der Waals surface area contributed by atoms with Gasteiger partial charge in [-0.2, -0.15) is 0 Å². The van der Waals surface area contributed by atoms with E-state index < -0.39 is 5.97 Å². The Labute approximate surface area is 199 Å². The molecule has 4 aliphatic rings. The van der Waals surface area contributed by atoms with Crippen molar-refractivity contribution < 1.29 is 24.6 Å². The fourth-order valence-electron chi connectivity index (χ4n) is 8.32. The minimum absolute atomic E-state index is 0.0709. The minimum atomic E-state index is -0.751. The summed E-state index contributed by atoms with van der Waals surface area (Å²) >= 11 is 0. The maximum Gasteiger partial charge on any atom is 0.317 e. The molecule has 0 amide bonds. The van der Waals surface area contributed by atoms with Gasteiger partial charge in [-0.15, -0.1) is 0 Å². The lowest BCUT2D eigenvalue weighted by atomic mass is 9.44. The SMILES string of the molecule is CCN(CC)CC(=O)O.C[C@]12CC[C@H]3[C@@H](CCC4CC(=O)CC[C@@]43C)[C@@H]1CC[C@@H]2C(=O)CO. The molecule has 0 heterocycles. The van der Waals surface area contributed by atoms with Crippen molar-refractivity contribution in [1.29, 1.82) is 0 Å². The largest absolute Gasteiger partial charge is 0.480 e. The van der Waals surface area contributed by atoms with Gasteiger partial charge < -0.3 is 10.2 Å². The number of carbonyl (C=O) groups excluding carboxylic acids is 2. The van der Waals surface area contributed by atoms with Gasteiger partial charge in [-0.05, 0) is 92.5 Å². The Morgan fingerprint density at radius 2 is 1.64 bits per heavy atom. The third-order valence-electron chi connectivity index (χ3n) is 10.3. The molecule has 0 bridgehead atoms. The zero-order valence-electron chi connectivity index (χ0n) is 21.1. The zero-order valence-corrected chi connectivity index (χ0v) is 21.1. The zero-order chi connectivity index (χ0) is 24.4. The van der Waals surface area contributed by atoms with Crippen LogP contribution in [0.25, 0.3) is 0 Å². The van der Waals surface area contributed by atoms with Crippen molar-refractivity contribution >= 4 is 17.5 Å². The number of nitrogens with zero attached hydrogens (tertiary/aromatic N) is 1. The highest BCUT2D eigenvalue weighted by Gasteiger charge is 2.61. The van der Waals surface area contributed by atoms with Crippen LogP contribution in [0.15, 0.2) is 0 Å². The van der Waals surface area contributed by atoms with Crippen LogP contribution in [-0.4, -0.2) is 58.9 Å². The number of rotatable bonds is 6. The maximum atomic E-state index is 12.3. The number of hydrogen-bond acceptors (Lipinski definition) is 5. The number of Topliss-reactive ketones (excluding diaryl/α,β-unsaturated/α-hetero) is 2. The van der Waals surface area contributed by atoms with Gasteiger partial charge in [-0.25, -0.2) is 0 Å². The van der Waals surface area contributed by atoms with Gasteiger partial charge in [-0.1, -0.05) is 27.7 Å². The first-order valence-corrected chi connectivity index (χ1v) is 13.2. The van der Waals surface area contributed by atoms with Crippen LogP contribution in [0, 0.1) is 40.4 Å². The lowest BCUT2D eigenvalue weighted by Crippen LogP contribution is -2.54. The van der Waals surface area contributed by atoms with Gasteiger partial charge in [0.2, 0.25) is 0 Å². The summed E-state index contributed by atoms with van der Waals surface area (Å²) in [6.45, 7) is 10.2. The quantitative estimate of drug-likeness (QED) is 0.613. The van der Waals surface area contributed by atoms with E-state index in [-0.39, 0.29) is 30.3 Å². The summed E-state index contributed by atoms with van der Waals surface area (Å²) < 4.78 is 0. The van der Waals surface area contributed by atoms with Gasteiger partial charge in [-0.3, -0.25) is 19.3 Å². The average molecular weight is 464 g/mol. The van der Waals surface area contributed by atoms with Crippen LogP contribution in [0.2, 0.25) is 0 Å². The lowest BCUT2D eigenvalue weighted by molar-refractivity contribution is -0.144. The van der Waals surface area contributed by atoms with E-state index in [0.29, 0.717) is 23.0 Å². The molecule has 0 radical (unpaired) electrons. The third-order valence-corrected chi connectivity index (χ3v) is 10.3. The second-order valence-corrected chi connectivity index (χ2v) is 11.6. The van der Waals surface area contributed by atoms with Gasteiger partial charge in [0.15, 0.2) is 5.78 Å². The lowest BCUT2D eigenvalue weighted by Gasteiger charge is -2.60. The molecule has 2 N–H and O–H groups in total. The molecule has 0 aromatic rings. The van der Waals surface area contributed by atoms with E-state index in [1.807, 2.05) is 18.7 Å². The molecule has 7 atom stereocenters. The number of carboxylic acids is 1. The monoisotopic (exact) mass is 463 g/mol. The van der Waals surface area contributed by atoms with Crippen molar-refractivity contribution in [3.05, 3.63) is 0 Å². The number of fused-ring (bicyclic) bond motifs is 5. The van der Waals surface area contributed by atoms with Crippen LogP contribution in [0.5, 0.6) is 0 Å². The normalized spacial score (nSPS) is 39.7. The number of aliphatic hydroxyl groups excluding tert-OH is 1. The van der Waals surface area contributed by atoms with Crippen molar-refractivity contribution in [3.63, 3.8) is 0 Å². The number of aliphatic carboxylic acids is 1. The topological polar surface area (TPSA) is 94.9 Å². The van der Waals surface area contributed by atoms with Gasteiger partial charge in [0.25, 0.3) is 0 Å². The number of hydrogen-bond donors (Lipinski definition) is 2. The first-order chi connectivity index (χ1) is 15.6. The Morgan fingerprint density at radius 3 is 2.21 bits per heavy atom. The van der Waals surface area contributed by atoms with E-state index in [1.54, 1.807) is 0 Å². The Kier molecular flexibility index (Phi) is 8.42. The molecule has 0 aliphatic heterocycles. The Balaban J connectivity index is 0.000000292. The van der Waals surface area contributed by atoms with Gasteiger partial charge in [0, 0.05) is 18.8 Å². The van der Waals surface area contributed by atoms with Crippen LogP contribution >= 0.6 is 0 Å². The summed E-state index contributed by atoms with van der Waals surface area (Å²) in [7, 11) is 0. The van der Waals surface area contributed by atoms with Crippen LogP contribution in [-0.2, 0) is 14.4 Å². The molecule has 6 heteroatoms. The molecule has 188 valence electrons. The van der Waals surface area contributed by atoms with E-state index >= 15 is 0 Å². The first kappa shape index (κ1) is 26.3. The smallest absolute Gasteiger partial charge is 0.317 e. The van der Waals surface area contributed by atoms with Crippen LogP contribution in [0.3, 0.4) is 0 Å². The Bertz CT molecular complexity index is 734. The molecule has 0 aromatic heterocycles. The predicted molar refractivity (Wildman–Crippen MR) is 128 cm³/mol. The second kappa shape index (κ2) is 10.6. The summed E-state index contributed by atoms with van der Waals surface area (Å²) in [6, 6.07) is 0. The molecular weight excluding hydrogens is 418 g/mol. The predicted octanol–water partition coefficient (Wildman–Crippen LogP) is 4.19. The molecule has 6 nitrogen and oxygen atoms in total. The highest BCUT2D eigenvalue weighted by Crippen LogP contribution is 2.67. The fraction of sp³-hybridized carbons (Fsp3) is 0.889. The Morgan fingerprint density at radius 1 is 0.970 bits per heavy atom. The number of likely N-dealkylation sites (N-methyl/N-ethyl adjacent to an activating group) is 1. The minimum Gasteiger partial charge on any atom is -0.480 e. The molecule has 4 saturated carbocycles. The summed E-state index contributed by atoms with van der Waals surface area (Å²) in [5.74, 6) is 2.59. The molecule has 1 unspecified atom stereocenters. The first-order valence-electron chi connectivity index (χ1n) is 13.2. The number of carboxylic acid groups (broad SMARTS) is 1. The van der Waals surface area contributed by atoms with Crippen molar-refractivity contribution in [3.8, 4) is 0 Å². The summed E-state index contributed by atoms with van der Waals surface area (Å²) in [5, 5.41) is 17.7. The highest BCUT2D eigenvalue weighted by atomic mass is 16.4. The molecule has 33 heavy (non-hydrogen) atoms. The maximum absolute atomic E-state index is 12.3. The van der Waals surface area contributed by atoms with Crippen LogP contribution in [0.1, 0.15) is 85.5 Å². The van der Waals surface area contributed by atoms with E-state index in [4.69, 9.17) is 5.11 Å². The van der Waals surface area contributed by atoms with Gasteiger partial charge in [0.1, 0.15) is 12.4 Å². The highest BCUT2D eigenvalue weighted by molar-refractivity contribution is 5.83. The van der Waals surface area contributed by atoms with Crippen molar-refractivity contribution in [1.82, 2.24) is 4.90 Å². The molecular formula is C27H45NO5. The van der Waals surface area contributed by atoms with Crippen molar-refractivity contribution in [2.75, 3.05) is 26.2 Å². The number of carbonyl (C=O) groups is 3. The van der Waals surface area contributed by atoms with Gasteiger partial charge in [0.05, 0.1) is 6.54 Å². The van der Waals surface area contributed by atoms with Gasteiger partial charge >= 0.3 is 5.97 Å². The summed E-state index contributed by atoms with van der Waals surface area (Å²) in [5.41, 5.74) is 0.450. The van der Waals surface area contributed by atoms with E-state index in [9.17, 15) is 19.5 Å². The van der Waals surface area contributed by atoms with Crippen LogP contribution < -0.4 is 0 Å². The molecule has 4 rings (SSSR count). The molecule has 0 saturated heterocycles. The molecule has 0 aromatic carbocycles. The van der Waals surface area contributed by atoms with E-state index in [2.05, 4.69) is 13.8 Å². The van der Waals surface area contributed by atoms with Crippen LogP contribution in [0.4, 0.5) is 0 Å². The van der Waals surface area contributed by atoms with E-state index in [0.717, 1.165) is 63.5 Å². The summed E-state index contributed by atoms with van der Waals surface area (Å²) in [4.78, 5) is 36.2. The number of ketones is 2. The van der Waals surface area contributed by atoms with Crippen molar-refractivity contribution in [2.45, 2.75) is 85.5 Å². The fourth-order valence-corrected chi connectivity index (χ4v) is 8.32. The molecule has 4 aliphatic carbocycles. The summed E-state index contributed by atoms with van der Waals surface area (Å²) in [6.07, 6.45) is 9.61. The Hall–Kier alpha value is -1.27. The molecule has 4 fully saturated rings. The average Bonchev–Trinajstić information content (AvgIpc) is 3.15.